The Bertz CT molecular complexity index is 866. The number of halogens is 1. The number of rotatable bonds is 5. The number of carbonyl (C=O) groups is 2. The smallest absolute Gasteiger partial charge is 0.346 e. The van der Waals surface area contributed by atoms with Crippen LogP contribution in [0.15, 0.2) is 48.5 Å². The van der Waals surface area contributed by atoms with Crippen LogP contribution in [-0.2, 0) is 9.53 Å². The average molecular weight is 389 g/mol. The van der Waals surface area contributed by atoms with E-state index in [4.69, 9.17) is 16.3 Å². The summed E-state index contributed by atoms with van der Waals surface area (Å²) < 4.78 is 5.45. The number of esters is 1. The summed E-state index contributed by atoms with van der Waals surface area (Å²) >= 11 is 5.88. The third-order valence-electron chi connectivity index (χ3n) is 4.34. The quantitative estimate of drug-likeness (QED) is 0.442. The molecule has 1 aliphatic rings. The van der Waals surface area contributed by atoms with Crippen LogP contribution in [0.2, 0.25) is 5.02 Å². The van der Waals surface area contributed by atoms with E-state index in [0.717, 1.165) is 18.9 Å². The molecule has 1 fully saturated rings. The lowest BCUT2D eigenvalue weighted by Crippen LogP contribution is -2.35. The number of nitrogens with zero attached hydrogens (tertiary/aromatic N) is 2. The fraction of sp³-hybridized carbons (Fsp3) is 0.263. The van der Waals surface area contributed by atoms with Gasteiger partial charge in [-0.1, -0.05) is 41.9 Å². The van der Waals surface area contributed by atoms with Gasteiger partial charge in [-0.15, -0.1) is 0 Å². The third-order valence-corrected chi connectivity index (χ3v) is 4.58. The topological polar surface area (TPSA) is 89.8 Å². The zero-order valence-electron chi connectivity index (χ0n) is 14.3. The van der Waals surface area contributed by atoms with Crippen LogP contribution in [0.4, 0.5) is 5.69 Å². The van der Waals surface area contributed by atoms with Gasteiger partial charge in [0.1, 0.15) is 5.56 Å². The van der Waals surface area contributed by atoms with Crippen LogP contribution in [0.1, 0.15) is 34.9 Å². The SMILES string of the molecule is O=C(O[C@@H](C(=O)N1CCCC1)c1ccccc1)c1cc(Cl)ccc1[N+](=O)[O-]. The highest BCUT2D eigenvalue weighted by Gasteiger charge is 2.33. The van der Waals surface area contributed by atoms with Crippen LogP contribution >= 0.6 is 11.6 Å². The van der Waals surface area contributed by atoms with Crippen molar-refractivity contribution in [3.8, 4) is 0 Å². The monoisotopic (exact) mass is 388 g/mol. The second-order valence-corrected chi connectivity index (χ2v) is 6.58. The van der Waals surface area contributed by atoms with E-state index in [1.807, 2.05) is 0 Å². The van der Waals surface area contributed by atoms with E-state index in [9.17, 15) is 19.7 Å². The van der Waals surface area contributed by atoms with Crippen molar-refractivity contribution in [2.24, 2.45) is 0 Å². The van der Waals surface area contributed by atoms with Crippen LogP contribution < -0.4 is 0 Å². The molecular weight excluding hydrogens is 372 g/mol. The molecule has 0 saturated carbocycles. The third kappa shape index (κ3) is 4.25. The van der Waals surface area contributed by atoms with Crippen molar-refractivity contribution in [3.05, 3.63) is 74.8 Å². The average Bonchev–Trinajstić information content (AvgIpc) is 3.20. The van der Waals surface area contributed by atoms with Crippen molar-refractivity contribution in [2.75, 3.05) is 13.1 Å². The molecule has 1 amide bonds. The lowest BCUT2D eigenvalue weighted by atomic mass is 10.1. The Morgan fingerprint density at radius 3 is 2.41 bits per heavy atom. The summed E-state index contributed by atoms with van der Waals surface area (Å²) in [5.74, 6) is -1.30. The minimum absolute atomic E-state index is 0.162. The number of carbonyl (C=O) groups excluding carboxylic acids is 2. The summed E-state index contributed by atoms with van der Waals surface area (Å²) in [6.45, 7) is 1.19. The molecule has 0 N–H and O–H groups in total. The van der Waals surface area contributed by atoms with E-state index in [-0.39, 0.29) is 16.5 Å². The van der Waals surface area contributed by atoms with Gasteiger partial charge in [0.15, 0.2) is 0 Å². The predicted octanol–water partition coefficient (Wildman–Crippen LogP) is 3.77. The fourth-order valence-electron chi connectivity index (χ4n) is 2.99. The second-order valence-electron chi connectivity index (χ2n) is 6.15. The molecule has 2 aromatic rings. The zero-order valence-corrected chi connectivity index (χ0v) is 15.1. The summed E-state index contributed by atoms with van der Waals surface area (Å²) in [6.07, 6.45) is 0.609. The molecule has 0 spiro atoms. The predicted molar refractivity (Wildman–Crippen MR) is 98.5 cm³/mol. The molecular formula is C19H17ClN2O5. The van der Waals surface area contributed by atoms with Crippen LogP contribution in [0.5, 0.6) is 0 Å². The van der Waals surface area contributed by atoms with Gasteiger partial charge in [-0.2, -0.15) is 0 Å². The summed E-state index contributed by atoms with van der Waals surface area (Å²) in [4.78, 5) is 37.7. The molecule has 3 rings (SSSR count). The first-order chi connectivity index (χ1) is 13.0. The van der Waals surface area contributed by atoms with Gasteiger partial charge in [0.05, 0.1) is 4.92 Å². The number of likely N-dealkylation sites (tertiary alicyclic amines) is 1. The maximum Gasteiger partial charge on any atom is 0.346 e. The number of hydrogen-bond acceptors (Lipinski definition) is 5. The molecule has 8 heteroatoms. The second kappa shape index (κ2) is 8.18. The van der Waals surface area contributed by atoms with E-state index in [1.54, 1.807) is 35.2 Å². The van der Waals surface area contributed by atoms with E-state index in [0.29, 0.717) is 18.7 Å². The molecule has 2 aromatic carbocycles. The Kier molecular flexibility index (Phi) is 5.71. The van der Waals surface area contributed by atoms with Crippen molar-refractivity contribution in [2.45, 2.75) is 18.9 Å². The molecule has 0 bridgehead atoms. The highest BCUT2D eigenvalue weighted by molar-refractivity contribution is 6.31. The number of benzene rings is 2. The molecule has 7 nitrogen and oxygen atoms in total. The van der Waals surface area contributed by atoms with Gasteiger partial charge in [-0.25, -0.2) is 4.79 Å². The van der Waals surface area contributed by atoms with Gasteiger partial charge >= 0.3 is 5.97 Å². The van der Waals surface area contributed by atoms with E-state index >= 15 is 0 Å². The summed E-state index contributed by atoms with van der Waals surface area (Å²) in [6, 6.07) is 12.2. The summed E-state index contributed by atoms with van der Waals surface area (Å²) in [7, 11) is 0. The van der Waals surface area contributed by atoms with Gasteiger partial charge in [0, 0.05) is 29.7 Å². The maximum absolute atomic E-state index is 12.9. The number of hydrogen-bond donors (Lipinski definition) is 0. The first-order valence-corrected chi connectivity index (χ1v) is 8.84. The standard InChI is InChI=1S/C19H17ClN2O5/c20-14-8-9-16(22(25)26)15(12-14)19(24)27-17(13-6-2-1-3-7-13)18(23)21-10-4-5-11-21/h1-3,6-9,12,17H,4-5,10-11H2/t17-/m1/s1. The Balaban J connectivity index is 1.92. The lowest BCUT2D eigenvalue weighted by Gasteiger charge is -2.23. The van der Waals surface area contributed by atoms with Crippen LogP contribution in [-0.4, -0.2) is 34.8 Å². The molecule has 1 atom stereocenters. The minimum atomic E-state index is -1.17. The van der Waals surface area contributed by atoms with E-state index in [1.165, 1.54) is 12.1 Å². The Labute approximate surface area is 160 Å². The molecule has 1 aliphatic heterocycles. The fourth-order valence-corrected chi connectivity index (χ4v) is 3.17. The minimum Gasteiger partial charge on any atom is -0.443 e. The molecule has 1 heterocycles. The van der Waals surface area contributed by atoms with Crippen molar-refractivity contribution < 1.29 is 19.2 Å². The molecule has 1 saturated heterocycles. The Morgan fingerprint density at radius 2 is 1.78 bits per heavy atom. The summed E-state index contributed by atoms with van der Waals surface area (Å²) in [5.41, 5.74) is -0.208. The highest BCUT2D eigenvalue weighted by atomic mass is 35.5. The highest BCUT2D eigenvalue weighted by Crippen LogP contribution is 2.28. The zero-order chi connectivity index (χ0) is 19.4. The van der Waals surface area contributed by atoms with Crippen LogP contribution in [0.3, 0.4) is 0 Å². The van der Waals surface area contributed by atoms with Crippen LogP contribution in [0, 0.1) is 10.1 Å². The number of nitro groups is 1. The molecule has 140 valence electrons. The number of amides is 1. The van der Waals surface area contributed by atoms with Gasteiger partial charge in [0.25, 0.3) is 11.6 Å². The first kappa shape index (κ1) is 18.8. The Morgan fingerprint density at radius 1 is 1.11 bits per heavy atom. The van der Waals surface area contributed by atoms with Gasteiger partial charge < -0.3 is 9.64 Å². The Hall–Kier alpha value is -2.93. The molecule has 27 heavy (non-hydrogen) atoms. The van der Waals surface area contributed by atoms with Crippen molar-refractivity contribution in [1.29, 1.82) is 0 Å². The first-order valence-electron chi connectivity index (χ1n) is 8.46. The van der Waals surface area contributed by atoms with Crippen molar-refractivity contribution >= 4 is 29.2 Å². The van der Waals surface area contributed by atoms with Crippen molar-refractivity contribution in [1.82, 2.24) is 4.90 Å². The van der Waals surface area contributed by atoms with E-state index in [2.05, 4.69) is 0 Å². The normalized spacial score (nSPS) is 14.6. The molecule has 0 aromatic heterocycles. The summed E-state index contributed by atoms with van der Waals surface area (Å²) in [5, 5.41) is 11.4. The molecule has 0 radical (unpaired) electrons. The maximum atomic E-state index is 12.9. The number of ether oxygens (including phenoxy) is 1. The van der Waals surface area contributed by atoms with E-state index < -0.39 is 22.7 Å². The van der Waals surface area contributed by atoms with Gasteiger partial charge in [0.2, 0.25) is 6.10 Å². The lowest BCUT2D eigenvalue weighted by molar-refractivity contribution is -0.385. The molecule has 0 unspecified atom stereocenters. The van der Waals surface area contributed by atoms with Gasteiger partial charge in [-0.05, 0) is 25.0 Å². The largest absolute Gasteiger partial charge is 0.443 e. The van der Waals surface area contributed by atoms with Gasteiger partial charge in [-0.3, -0.25) is 14.9 Å². The van der Waals surface area contributed by atoms with Crippen LogP contribution in [0.25, 0.3) is 0 Å². The number of nitro benzene ring substituents is 1. The van der Waals surface area contributed by atoms with Crippen molar-refractivity contribution in [3.63, 3.8) is 0 Å². The molecule has 0 aliphatic carbocycles.